The summed E-state index contributed by atoms with van der Waals surface area (Å²) in [5.74, 6) is 0.976. The third-order valence-electron chi connectivity index (χ3n) is 5.48. The van der Waals surface area contributed by atoms with Crippen LogP contribution in [0, 0.1) is 0 Å². The van der Waals surface area contributed by atoms with E-state index < -0.39 is 0 Å². The number of halogens is 3. The van der Waals surface area contributed by atoms with Crippen molar-refractivity contribution in [3.05, 3.63) is 58.1 Å². The fourth-order valence-electron chi connectivity index (χ4n) is 3.68. The van der Waals surface area contributed by atoms with Crippen LogP contribution in [-0.2, 0) is 22.5 Å². The van der Waals surface area contributed by atoms with Gasteiger partial charge in [-0.2, -0.15) is 0 Å². The van der Waals surface area contributed by atoms with Crippen molar-refractivity contribution in [3.63, 3.8) is 0 Å². The van der Waals surface area contributed by atoms with Crippen LogP contribution in [0.3, 0.4) is 0 Å². The predicted octanol–water partition coefficient (Wildman–Crippen LogP) is 3.85. The second kappa shape index (κ2) is 17.8. The fraction of sp³-hybridized carbons (Fsp3) is 0.480. The Morgan fingerprint density at radius 3 is 2.54 bits per heavy atom. The van der Waals surface area contributed by atoms with E-state index in [0.29, 0.717) is 18.0 Å². The number of methoxy groups -OCH3 is 1. The van der Waals surface area contributed by atoms with Gasteiger partial charge in [-0.3, -0.25) is 9.69 Å². The van der Waals surface area contributed by atoms with Crippen molar-refractivity contribution in [2.24, 2.45) is 0 Å². The van der Waals surface area contributed by atoms with Gasteiger partial charge in [0, 0.05) is 26.2 Å². The first-order chi connectivity index (χ1) is 16.2. The third-order valence-corrected chi connectivity index (χ3v) is 6.07. The molecule has 35 heavy (non-hydrogen) atoms. The summed E-state index contributed by atoms with van der Waals surface area (Å²) in [6.07, 6.45) is 1.88. The molecule has 0 aliphatic carbocycles. The Kier molecular flexibility index (Phi) is 16.0. The van der Waals surface area contributed by atoms with Gasteiger partial charge in [0.2, 0.25) is 0 Å². The van der Waals surface area contributed by atoms with Crippen LogP contribution in [0.15, 0.2) is 46.9 Å². The van der Waals surface area contributed by atoms with E-state index in [4.69, 9.17) is 14.2 Å². The van der Waals surface area contributed by atoms with Gasteiger partial charge < -0.3 is 24.8 Å². The second-order valence-electron chi connectivity index (χ2n) is 7.97. The molecule has 0 radical (unpaired) electrons. The summed E-state index contributed by atoms with van der Waals surface area (Å²) in [6.45, 7) is 6.99. The van der Waals surface area contributed by atoms with Crippen molar-refractivity contribution in [2.75, 3.05) is 59.7 Å². The molecule has 10 heteroatoms. The molecule has 2 N–H and O–H groups in total. The maximum absolute atomic E-state index is 12.2. The molecule has 7 nitrogen and oxygen atoms in total. The van der Waals surface area contributed by atoms with Gasteiger partial charge in [0.15, 0.2) is 18.1 Å². The van der Waals surface area contributed by atoms with E-state index in [1.165, 1.54) is 5.56 Å². The number of ether oxygens (including phenoxy) is 3. The summed E-state index contributed by atoms with van der Waals surface area (Å²) in [5, 5.41) is 6.38. The molecule has 1 saturated heterocycles. The lowest BCUT2D eigenvalue weighted by Crippen LogP contribution is -2.37. The SMILES string of the molecule is COc1cc(CNCCCN2CCOCC2)cc(Br)c1OCC(=O)NCCc1ccccc1.Cl.Cl. The van der Waals surface area contributed by atoms with Crippen LogP contribution in [0.4, 0.5) is 0 Å². The zero-order chi connectivity index (χ0) is 23.3. The standard InChI is InChI=1S/C25H34BrN3O4.2ClH/c1-31-23-17-21(18-27-9-5-11-29-12-14-32-15-13-29)16-22(26)25(23)33-19-24(30)28-10-8-20-6-3-2-4-7-20;;/h2-4,6-7,16-17,27H,5,8-15,18-19H2,1H3,(H,28,30);2*1H. The number of carbonyl (C=O) groups is 1. The molecule has 1 amide bonds. The topological polar surface area (TPSA) is 72.1 Å². The first-order valence-corrected chi connectivity index (χ1v) is 12.3. The number of nitrogens with one attached hydrogen (secondary N) is 2. The van der Waals surface area contributed by atoms with Crippen molar-refractivity contribution in [3.8, 4) is 11.5 Å². The molecule has 3 rings (SSSR count). The van der Waals surface area contributed by atoms with Crippen molar-refractivity contribution in [1.82, 2.24) is 15.5 Å². The molecule has 0 bridgehead atoms. The van der Waals surface area contributed by atoms with E-state index >= 15 is 0 Å². The van der Waals surface area contributed by atoms with Crippen molar-refractivity contribution < 1.29 is 19.0 Å². The van der Waals surface area contributed by atoms with Gasteiger partial charge in [-0.1, -0.05) is 30.3 Å². The van der Waals surface area contributed by atoms with E-state index in [1.54, 1.807) is 7.11 Å². The summed E-state index contributed by atoms with van der Waals surface area (Å²) < 4.78 is 17.4. The Labute approximate surface area is 229 Å². The number of benzene rings is 2. The summed E-state index contributed by atoms with van der Waals surface area (Å²) in [5.41, 5.74) is 2.28. The highest BCUT2D eigenvalue weighted by atomic mass is 79.9. The third kappa shape index (κ3) is 11.4. The lowest BCUT2D eigenvalue weighted by molar-refractivity contribution is -0.123. The second-order valence-corrected chi connectivity index (χ2v) is 8.82. The van der Waals surface area contributed by atoms with Crippen LogP contribution in [0.5, 0.6) is 11.5 Å². The van der Waals surface area contributed by atoms with Crippen LogP contribution in [0.1, 0.15) is 17.5 Å². The van der Waals surface area contributed by atoms with Gasteiger partial charge in [-0.05, 0) is 65.1 Å². The zero-order valence-corrected chi connectivity index (χ0v) is 23.3. The van der Waals surface area contributed by atoms with Crippen molar-refractivity contribution in [2.45, 2.75) is 19.4 Å². The van der Waals surface area contributed by atoms with E-state index in [0.717, 1.165) is 68.8 Å². The quantitative estimate of drug-likeness (QED) is 0.344. The smallest absolute Gasteiger partial charge is 0.257 e. The number of rotatable bonds is 13. The van der Waals surface area contributed by atoms with E-state index in [2.05, 4.69) is 31.5 Å². The largest absolute Gasteiger partial charge is 0.493 e. The molecular formula is C25H36BrCl2N3O4. The molecule has 2 aromatic rings. The van der Waals surface area contributed by atoms with Gasteiger partial charge in [-0.15, -0.1) is 24.8 Å². The average Bonchev–Trinajstić information content (AvgIpc) is 2.84. The zero-order valence-electron chi connectivity index (χ0n) is 20.1. The van der Waals surface area contributed by atoms with Crippen LogP contribution in [0.2, 0.25) is 0 Å². The minimum atomic E-state index is -0.161. The molecule has 1 aliphatic rings. The van der Waals surface area contributed by atoms with E-state index in [1.807, 2.05) is 42.5 Å². The van der Waals surface area contributed by atoms with Gasteiger partial charge in [-0.25, -0.2) is 0 Å². The molecule has 1 heterocycles. The highest BCUT2D eigenvalue weighted by Gasteiger charge is 2.14. The van der Waals surface area contributed by atoms with Gasteiger partial charge in [0.1, 0.15) is 0 Å². The van der Waals surface area contributed by atoms with Crippen LogP contribution < -0.4 is 20.1 Å². The Morgan fingerprint density at radius 2 is 1.83 bits per heavy atom. The maximum atomic E-state index is 12.2. The lowest BCUT2D eigenvalue weighted by Gasteiger charge is -2.26. The molecule has 1 aliphatic heterocycles. The monoisotopic (exact) mass is 591 g/mol. The Hall–Kier alpha value is -1.55. The van der Waals surface area contributed by atoms with E-state index in [9.17, 15) is 4.79 Å². The van der Waals surface area contributed by atoms with Gasteiger partial charge >= 0.3 is 0 Å². The Balaban J connectivity index is 0.00000306. The normalized spacial score (nSPS) is 13.3. The summed E-state index contributed by atoms with van der Waals surface area (Å²) in [6, 6.07) is 14.0. The number of hydrogen-bond acceptors (Lipinski definition) is 6. The molecule has 0 atom stereocenters. The minimum absolute atomic E-state index is 0. The molecule has 1 fully saturated rings. The van der Waals surface area contributed by atoms with E-state index in [-0.39, 0.29) is 37.3 Å². The number of hydrogen-bond donors (Lipinski definition) is 2. The molecule has 0 aromatic heterocycles. The highest BCUT2D eigenvalue weighted by molar-refractivity contribution is 9.10. The molecule has 0 unspecified atom stereocenters. The Morgan fingerprint density at radius 1 is 1.09 bits per heavy atom. The first-order valence-electron chi connectivity index (χ1n) is 11.5. The van der Waals surface area contributed by atoms with Crippen LogP contribution in [-0.4, -0.2) is 70.5 Å². The lowest BCUT2D eigenvalue weighted by atomic mass is 10.1. The molecule has 2 aromatic carbocycles. The summed E-state index contributed by atoms with van der Waals surface area (Å²) in [4.78, 5) is 14.6. The van der Waals surface area contributed by atoms with Gasteiger partial charge in [0.25, 0.3) is 5.91 Å². The van der Waals surface area contributed by atoms with Crippen LogP contribution in [0.25, 0.3) is 0 Å². The summed E-state index contributed by atoms with van der Waals surface area (Å²) >= 11 is 3.56. The number of amides is 1. The predicted molar refractivity (Wildman–Crippen MR) is 147 cm³/mol. The van der Waals surface area contributed by atoms with Crippen LogP contribution >= 0.6 is 40.7 Å². The average molecular weight is 593 g/mol. The number of morpholine rings is 1. The summed E-state index contributed by atoms with van der Waals surface area (Å²) in [7, 11) is 1.61. The Bertz CT molecular complexity index is 871. The highest BCUT2D eigenvalue weighted by Crippen LogP contribution is 2.36. The molecule has 196 valence electrons. The molecule has 0 spiro atoms. The molecular weight excluding hydrogens is 557 g/mol. The number of nitrogens with zero attached hydrogens (tertiary/aromatic N) is 1. The van der Waals surface area contributed by atoms with Crippen molar-refractivity contribution >= 4 is 46.7 Å². The maximum Gasteiger partial charge on any atom is 0.257 e. The number of carbonyl (C=O) groups excluding carboxylic acids is 1. The van der Waals surface area contributed by atoms with Gasteiger partial charge in [0.05, 0.1) is 24.8 Å². The van der Waals surface area contributed by atoms with Crippen molar-refractivity contribution in [1.29, 1.82) is 0 Å². The fourth-order valence-corrected chi connectivity index (χ4v) is 4.28. The first kappa shape index (κ1) is 31.5. The minimum Gasteiger partial charge on any atom is -0.493 e. The molecule has 0 saturated carbocycles.